The van der Waals surface area contributed by atoms with Crippen LogP contribution < -0.4 is 0 Å². The van der Waals surface area contributed by atoms with Crippen LogP contribution in [-0.4, -0.2) is 28.5 Å². The molecule has 1 fully saturated rings. The van der Waals surface area contributed by atoms with E-state index in [9.17, 15) is 9.90 Å². The molecule has 2 heterocycles. The summed E-state index contributed by atoms with van der Waals surface area (Å²) in [7, 11) is 0. The van der Waals surface area contributed by atoms with Crippen LogP contribution in [0.4, 0.5) is 0 Å². The van der Waals surface area contributed by atoms with Crippen LogP contribution in [0.5, 0.6) is 0 Å². The molecule has 3 rings (SSSR count). The quantitative estimate of drug-likeness (QED) is 0.778. The molecule has 0 spiro atoms. The lowest BCUT2D eigenvalue weighted by molar-refractivity contribution is -0.128. The summed E-state index contributed by atoms with van der Waals surface area (Å²) in [5.41, 5.74) is 1.77. The Hall–Kier alpha value is -1.77. The highest BCUT2D eigenvalue weighted by Gasteiger charge is 2.42. The molecule has 1 aromatic carbocycles. The van der Waals surface area contributed by atoms with Crippen molar-refractivity contribution in [2.24, 2.45) is 0 Å². The van der Waals surface area contributed by atoms with E-state index in [4.69, 9.17) is 0 Å². The van der Waals surface area contributed by atoms with Gasteiger partial charge in [0.1, 0.15) is 0 Å². The Labute approximate surface area is 94.0 Å². The predicted molar refractivity (Wildman–Crippen MR) is 60.7 cm³/mol. The Kier molecular flexibility index (Phi) is 1.99. The molecule has 0 aromatic heterocycles. The van der Waals surface area contributed by atoms with E-state index < -0.39 is 0 Å². The van der Waals surface area contributed by atoms with Gasteiger partial charge < -0.3 is 10.0 Å². The number of carbonyl (C=O) groups is 1. The minimum absolute atomic E-state index is 0.0594. The second-order valence-electron chi connectivity index (χ2n) is 4.28. The van der Waals surface area contributed by atoms with Gasteiger partial charge in [-0.3, -0.25) is 4.79 Å². The molecule has 16 heavy (non-hydrogen) atoms. The van der Waals surface area contributed by atoms with E-state index in [1.54, 1.807) is 4.90 Å². The van der Waals surface area contributed by atoms with Crippen molar-refractivity contribution >= 4 is 11.5 Å². The molecule has 1 amide bonds. The van der Waals surface area contributed by atoms with Crippen LogP contribution in [0.1, 0.15) is 18.4 Å². The molecule has 0 bridgehead atoms. The average Bonchev–Trinajstić information content (AvgIpc) is 2.86. The SMILES string of the molecule is O=C1C(O)=C(c2ccccc2)[C@H]2CCCN12. The van der Waals surface area contributed by atoms with Crippen LogP contribution in [0.15, 0.2) is 36.1 Å². The highest BCUT2D eigenvalue weighted by atomic mass is 16.3. The van der Waals surface area contributed by atoms with Gasteiger partial charge in [0.25, 0.3) is 5.91 Å². The van der Waals surface area contributed by atoms with Crippen LogP contribution in [0.2, 0.25) is 0 Å². The molecule has 0 aliphatic carbocycles. The second-order valence-corrected chi connectivity index (χ2v) is 4.28. The first-order valence-corrected chi connectivity index (χ1v) is 5.58. The van der Waals surface area contributed by atoms with Gasteiger partial charge in [0.2, 0.25) is 0 Å². The normalized spacial score (nSPS) is 24.1. The van der Waals surface area contributed by atoms with Crippen LogP contribution in [-0.2, 0) is 4.79 Å². The summed E-state index contributed by atoms with van der Waals surface area (Å²) < 4.78 is 0. The van der Waals surface area contributed by atoms with E-state index in [1.165, 1.54) is 0 Å². The summed E-state index contributed by atoms with van der Waals surface area (Å²) in [6.45, 7) is 0.768. The second kappa shape index (κ2) is 3.37. The van der Waals surface area contributed by atoms with Crippen molar-refractivity contribution < 1.29 is 9.90 Å². The van der Waals surface area contributed by atoms with E-state index in [2.05, 4.69) is 0 Å². The van der Waals surface area contributed by atoms with E-state index >= 15 is 0 Å². The predicted octanol–water partition coefficient (Wildman–Crippen LogP) is 1.96. The third-order valence-electron chi connectivity index (χ3n) is 3.39. The lowest BCUT2D eigenvalue weighted by Crippen LogP contribution is -2.29. The van der Waals surface area contributed by atoms with Crippen molar-refractivity contribution in [3.63, 3.8) is 0 Å². The molecule has 82 valence electrons. The summed E-state index contributed by atoms with van der Waals surface area (Å²) in [5, 5.41) is 9.91. The smallest absolute Gasteiger partial charge is 0.289 e. The van der Waals surface area contributed by atoms with E-state index in [0.717, 1.165) is 30.5 Å². The van der Waals surface area contributed by atoms with Gasteiger partial charge in [-0.1, -0.05) is 30.3 Å². The number of carbonyl (C=O) groups excluding carboxylic acids is 1. The standard InChI is InChI=1S/C13H13NO2/c15-12-11(9-5-2-1-3-6-9)10-7-4-8-14(10)13(12)16/h1-3,5-6,10,15H,4,7-8H2/t10-/m1/s1. The highest BCUT2D eigenvalue weighted by Crippen LogP contribution is 2.38. The topological polar surface area (TPSA) is 40.5 Å². The molecule has 0 saturated carbocycles. The Bertz CT molecular complexity index is 464. The maximum Gasteiger partial charge on any atom is 0.289 e. The number of fused-ring (bicyclic) bond motifs is 1. The zero-order valence-corrected chi connectivity index (χ0v) is 8.89. The van der Waals surface area contributed by atoms with Crippen LogP contribution in [0, 0.1) is 0 Å². The fourth-order valence-corrected chi connectivity index (χ4v) is 2.67. The maximum absolute atomic E-state index is 11.8. The molecule has 3 nitrogen and oxygen atoms in total. The van der Waals surface area contributed by atoms with Crippen molar-refractivity contribution in [3.8, 4) is 0 Å². The number of nitrogens with zero attached hydrogens (tertiary/aromatic N) is 1. The molecule has 1 N–H and O–H groups in total. The summed E-state index contributed by atoms with van der Waals surface area (Å²) >= 11 is 0. The monoisotopic (exact) mass is 215 g/mol. The molecule has 1 aromatic rings. The number of aliphatic hydroxyl groups excluding tert-OH is 1. The van der Waals surface area contributed by atoms with Crippen molar-refractivity contribution in [1.29, 1.82) is 0 Å². The summed E-state index contributed by atoms with van der Waals surface area (Å²) in [4.78, 5) is 13.6. The Balaban J connectivity index is 2.09. The number of aliphatic hydroxyl groups is 1. The molecular weight excluding hydrogens is 202 g/mol. The maximum atomic E-state index is 11.8. The summed E-state index contributed by atoms with van der Waals surface area (Å²) in [5.74, 6) is -0.266. The minimum Gasteiger partial charge on any atom is -0.503 e. The van der Waals surface area contributed by atoms with Gasteiger partial charge in [-0.05, 0) is 18.4 Å². The number of amides is 1. The van der Waals surface area contributed by atoms with Gasteiger partial charge in [-0.25, -0.2) is 0 Å². The summed E-state index contributed by atoms with van der Waals surface area (Å²) in [6, 6.07) is 9.77. The fourth-order valence-electron chi connectivity index (χ4n) is 2.67. The Morgan fingerprint density at radius 3 is 2.75 bits per heavy atom. The molecular formula is C13H13NO2. The molecule has 3 heteroatoms. The van der Waals surface area contributed by atoms with Crippen molar-refractivity contribution in [3.05, 3.63) is 41.7 Å². The number of hydrogen-bond acceptors (Lipinski definition) is 2. The molecule has 2 aliphatic rings. The largest absolute Gasteiger partial charge is 0.503 e. The van der Waals surface area contributed by atoms with Gasteiger partial charge in [0.05, 0.1) is 6.04 Å². The van der Waals surface area contributed by atoms with Crippen molar-refractivity contribution in [2.45, 2.75) is 18.9 Å². The summed E-state index contributed by atoms with van der Waals surface area (Å²) in [6.07, 6.45) is 1.99. The number of rotatable bonds is 1. The number of hydrogen-bond donors (Lipinski definition) is 1. The first-order valence-electron chi connectivity index (χ1n) is 5.58. The van der Waals surface area contributed by atoms with Gasteiger partial charge in [-0.15, -0.1) is 0 Å². The van der Waals surface area contributed by atoms with Crippen LogP contribution >= 0.6 is 0 Å². The average molecular weight is 215 g/mol. The third-order valence-corrected chi connectivity index (χ3v) is 3.39. The van der Waals surface area contributed by atoms with Gasteiger partial charge in [0, 0.05) is 12.1 Å². The third kappa shape index (κ3) is 1.18. The van der Waals surface area contributed by atoms with E-state index in [-0.39, 0.29) is 17.7 Å². The van der Waals surface area contributed by atoms with Crippen molar-refractivity contribution in [1.82, 2.24) is 4.90 Å². The van der Waals surface area contributed by atoms with Crippen molar-refractivity contribution in [2.75, 3.05) is 6.54 Å². The zero-order chi connectivity index (χ0) is 11.1. The first-order chi connectivity index (χ1) is 7.79. The lowest BCUT2D eigenvalue weighted by atomic mass is 9.98. The molecule has 2 aliphatic heterocycles. The minimum atomic E-state index is -0.207. The number of benzene rings is 1. The molecule has 0 unspecified atom stereocenters. The molecule has 1 atom stereocenters. The van der Waals surface area contributed by atoms with Crippen LogP contribution in [0.3, 0.4) is 0 Å². The Morgan fingerprint density at radius 2 is 2.00 bits per heavy atom. The van der Waals surface area contributed by atoms with Gasteiger partial charge >= 0.3 is 0 Å². The van der Waals surface area contributed by atoms with Gasteiger partial charge in [-0.2, -0.15) is 0 Å². The lowest BCUT2D eigenvalue weighted by Gasteiger charge is -2.17. The van der Waals surface area contributed by atoms with Crippen LogP contribution in [0.25, 0.3) is 5.57 Å². The first kappa shape index (κ1) is 9.46. The molecule has 0 radical (unpaired) electrons. The van der Waals surface area contributed by atoms with E-state index in [0.29, 0.717) is 0 Å². The van der Waals surface area contributed by atoms with Gasteiger partial charge in [0.15, 0.2) is 5.76 Å². The zero-order valence-electron chi connectivity index (χ0n) is 8.89. The Morgan fingerprint density at radius 1 is 1.25 bits per heavy atom. The molecule has 1 saturated heterocycles. The highest BCUT2D eigenvalue weighted by molar-refractivity contribution is 6.05. The fraction of sp³-hybridized carbons (Fsp3) is 0.308. The van der Waals surface area contributed by atoms with E-state index in [1.807, 2.05) is 30.3 Å².